The van der Waals surface area contributed by atoms with E-state index in [2.05, 4.69) is 20.8 Å². The van der Waals surface area contributed by atoms with Crippen molar-refractivity contribution >= 4 is 21.9 Å². The van der Waals surface area contributed by atoms with Crippen LogP contribution in [0.15, 0.2) is 22.7 Å². The maximum Gasteiger partial charge on any atom is 0.308 e. The van der Waals surface area contributed by atoms with Gasteiger partial charge in [0, 0.05) is 10.0 Å². The highest BCUT2D eigenvalue weighted by Gasteiger charge is 2.37. The predicted molar refractivity (Wildman–Crippen MR) is 85.6 cm³/mol. The van der Waals surface area contributed by atoms with E-state index in [0.717, 1.165) is 17.6 Å². The summed E-state index contributed by atoms with van der Waals surface area (Å²) < 4.78 is 20.2. The monoisotopic (exact) mass is 359 g/mol. The molecule has 1 aromatic rings. The third-order valence-electron chi connectivity index (χ3n) is 3.76. The van der Waals surface area contributed by atoms with Crippen molar-refractivity contribution in [1.82, 2.24) is 4.90 Å². The largest absolute Gasteiger partial charge is 0.466 e. The fraction of sp³-hybridized carbons (Fsp3) is 0.562. The first-order valence-corrected chi connectivity index (χ1v) is 8.04. The summed E-state index contributed by atoms with van der Waals surface area (Å²) in [7, 11) is 0. The zero-order valence-corrected chi connectivity index (χ0v) is 14.7. The zero-order valence-electron chi connectivity index (χ0n) is 13.1. The Hall–Kier alpha value is -0.940. The van der Waals surface area contributed by atoms with Crippen molar-refractivity contribution in [2.24, 2.45) is 0 Å². The predicted octanol–water partition coefficient (Wildman–Crippen LogP) is 4.10. The van der Waals surface area contributed by atoms with E-state index in [1.54, 1.807) is 19.1 Å². The van der Waals surface area contributed by atoms with E-state index in [9.17, 15) is 9.18 Å². The first-order valence-electron chi connectivity index (χ1n) is 7.25. The van der Waals surface area contributed by atoms with Gasteiger partial charge in [0.05, 0.1) is 18.6 Å². The van der Waals surface area contributed by atoms with Crippen molar-refractivity contribution in [2.75, 3.05) is 19.7 Å². The average Bonchev–Trinajstić information content (AvgIpc) is 2.42. The molecule has 0 heterocycles. The lowest BCUT2D eigenvalue weighted by atomic mass is 9.86. The average molecular weight is 360 g/mol. The van der Waals surface area contributed by atoms with E-state index in [4.69, 9.17) is 4.74 Å². The van der Waals surface area contributed by atoms with Crippen molar-refractivity contribution in [3.63, 3.8) is 0 Å². The number of hydrogen-bond donors (Lipinski definition) is 0. The van der Waals surface area contributed by atoms with Crippen LogP contribution in [0.1, 0.15) is 39.7 Å². The Morgan fingerprint density at radius 2 is 1.95 bits per heavy atom. The van der Waals surface area contributed by atoms with Gasteiger partial charge in [-0.1, -0.05) is 29.8 Å². The summed E-state index contributed by atoms with van der Waals surface area (Å²) in [5, 5.41) is 0. The van der Waals surface area contributed by atoms with Crippen molar-refractivity contribution in [2.45, 2.75) is 39.7 Å². The first-order chi connectivity index (χ1) is 9.88. The highest BCUT2D eigenvalue weighted by Crippen LogP contribution is 2.35. The summed E-state index contributed by atoms with van der Waals surface area (Å²) in [6.45, 7) is 9.44. The number of ether oxygens (including phenoxy) is 1. The van der Waals surface area contributed by atoms with Gasteiger partial charge in [0.25, 0.3) is 0 Å². The van der Waals surface area contributed by atoms with Gasteiger partial charge in [0.2, 0.25) is 0 Å². The van der Waals surface area contributed by atoms with Crippen LogP contribution in [0.5, 0.6) is 0 Å². The number of rotatable bonds is 7. The molecule has 3 nitrogen and oxygen atoms in total. The summed E-state index contributed by atoms with van der Waals surface area (Å²) in [5.74, 6) is -0.622. The van der Waals surface area contributed by atoms with E-state index in [1.165, 1.54) is 6.07 Å². The summed E-state index contributed by atoms with van der Waals surface area (Å²) in [4.78, 5) is 14.1. The minimum absolute atomic E-state index is 0.121. The van der Waals surface area contributed by atoms with Crippen LogP contribution in [-0.4, -0.2) is 30.6 Å². The minimum Gasteiger partial charge on any atom is -0.466 e. The van der Waals surface area contributed by atoms with Crippen LogP contribution in [0, 0.1) is 5.82 Å². The first kappa shape index (κ1) is 18.1. The lowest BCUT2D eigenvalue weighted by Crippen LogP contribution is -2.46. The third kappa shape index (κ3) is 4.27. The lowest BCUT2D eigenvalue weighted by Gasteiger charge is -2.40. The summed E-state index contributed by atoms with van der Waals surface area (Å²) >= 11 is 3.38. The highest BCUT2D eigenvalue weighted by molar-refractivity contribution is 9.10. The van der Waals surface area contributed by atoms with Crippen LogP contribution in [-0.2, 0) is 15.1 Å². The normalized spacial score (nSPS) is 14.0. The van der Waals surface area contributed by atoms with Gasteiger partial charge < -0.3 is 4.74 Å². The second-order valence-electron chi connectivity index (χ2n) is 5.05. The molecule has 0 aliphatic heterocycles. The number of nitrogens with zero attached hydrogens (tertiary/aromatic N) is 1. The molecule has 5 heteroatoms. The van der Waals surface area contributed by atoms with Crippen LogP contribution < -0.4 is 0 Å². The number of esters is 1. The number of carbonyl (C=O) groups excluding carboxylic acids is 1. The Labute approximate surface area is 134 Å². The molecule has 1 aromatic carbocycles. The number of hydrogen-bond acceptors (Lipinski definition) is 3. The molecule has 1 rings (SSSR count). The second kappa shape index (κ2) is 7.90. The molecule has 0 radical (unpaired) electrons. The molecule has 0 amide bonds. The van der Waals surface area contributed by atoms with E-state index in [1.807, 2.05) is 20.8 Å². The van der Waals surface area contributed by atoms with Gasteiger partial charge in [0.1, 0.15) is 5.82 Å². The molecule has 0 saturated heterocycles. The molecular weight excluding hydrogens is 337 g/mol. The summed E-state index contributed by atoms with van der Waals surface area (Å²) in [6.07, 6.45) is 0.121. The number of halogens is 2. The minimum atomic E-state index is -0.733. The molecule has 0 saturated carbocycles. The maximum atomic E-state index is 14.3. The van der Waals surface area contributed by atoms with Gasteiger partial charge >= 0.3 is 5.97 Å². The van der Waals surface area contributed by atoms with Gasteiger partial charge in [-0.15, -0.1) is 0 Å². The second-order valence-corrected chi connectivity index (χ2v) is 5.97. The molecule has 1 unspecified atom stereocenters. The van der Waals surface area contributed by atoms with Crippen LogP contribution in [0.2, 0.25) is 0 Å². The Kier molecular flexibility index (Phi) is 6.81. The Morgan fingerprint density at radius 3 is 2.48 bits per heavy atom. The SMILES string of the molecule is CCOC(=O)CC(C)(c1cc(Br)ccc1F)N(CC)CC. The number of carbonyl (C=O) groups is 1. The van der Waals surface area contributed by atoms with Crippen molar-refractivity contribution in [1.29, 1.82) is 0 Å². The Morgan fingerprint density at radius 1 is 1.33 bits per heavy atom. The van der Waals surface area contributed by atoms with Crippen molar-refractivity contribution < 1.29 is 13.9 Å². The number of benzene rings is 1. The molecule has 0 aliphatic rings. The van der Waals surface area contributed by atoms with Crippen LogP contribution in [0.25, 0.3) is 0 Å². The van der Waals surface area contributed by atoms with Crippen molar-refractivity contribution in [3.05, 3.63) is 34.1 Å². The van der Waals surface area contributed by atoms with Gasteiger partial charge in [-0.3, -0.25) is 9.69 Å². The van der Waals surface area contributed by atoms with Gasteiger partial charge in [-0.05, 0) is 45.1 Å². The molecule has 0 N–H and O–H groups in total. The molecule has 0 aliphatic carbocycles. The van der Waals surface area contributed by atoms with E-state index < -0.39 is 5.54 Å². The van der Waals surface area contributed by atoms with Crippen molar-refractivity contribution in [3.8, 4) is 0 Å². The molecule has 0 fully saturated rings. The molecule has 0 bridgehead atoms. The quantitative estimate of drug-likeness (QED) is 0.686. The molecule has 1 atom stereocenters. The fourth-order valence-electron chi connectivity index (χ4n) is 2.70. The molecular formula is C16H23BrFNO2. The van der Waals surface area contributed by atoms with Gasteiger partial charge in [-0.2, -0.15) is 0 Å². The molecule has 0 aromatic heterocycles. The van der Waals surface area contributed by atoms with Crippen LogP contribution in [0.4, 0.5) is 4.39 Å². The highest BCUT2D eigenvalue weighted by atomic mass is 79.9. The Bertz CT molecular complexity index is 491. The Balaban J connectivity index is 3.29. The van der Waals surface area contributed by atoms with Crippen LogP contribution in [0.3, 0.4) is 0 Å². The fourth-order valence-corrected chi connectivity index (χ4v) is 3.06. The molecule has 21 heavy (non-hydrogen) atoms. The van der Waals surface area contributed by atoms with E-state index in [0.29, 0.717) is 12.2 Å². The van der Waals surface area contributed by atoms with E-state index in [-0.39, 0.29) is 18.2 Å². The standard InChI is InChI=1S/C16H23BrFNO2/c1-5-19(6-2)16(4,11-15(20)21-7-3)13-10-12(17)8-9-14(13)18/h8-10H,5-7,11H2,1-4H3. The topological polar surface area (TPSA) is 29.5 Å². The molecule has 0 spiro atoms. The maximum absolute atomic E-state index is 14.3. The zero-order chi connectivity index (χ0) is 16.0. The summed E-state index contributed by atoms with van der Waals surface area (Å²) in [5.41, 5.74) is -0.225. The lowest BCUT2D eigenvalue weighted by molar-refractivity contribution is -0.146. The van der Waals surface area contributed by atoms with Gasteiger partial charge in [0.15, 0.2) is 0 Å². The smallest absolute Gasteiger partial charge is 0.308 e. The third-order valence-corrected chi connectivity index (χ3v) is 4.26. The van der Waals surface area contributed by atoms with Gasteiger partial charge in [-0.25, -0.2) is 4.39 Å². The van der Waals surface area contributed by atoms with Crippen LogP contribution >= 0.6 is 15.9 Å². The van der Waals surface area contributed by atoms with E-state index >= 15 is 0 Å². The molecule has 118 valence electrons. The summed E-state index contributed by atoms with van der Waals surface area (Å²) in [6, 6.07) is 4.82.